The van der Waals surface area contributed by atoms with E-state index in [4.69, 9.17) is 16.3 Å². The summed E-state index contributed by atoms with van der Waals surface area (Å²) in [5, 5.41) is 3.47. The molecule has 0 aliphatic carbocycles. The minimum absolute atomic E-state index is 0.154. The summed E-state index contributed by atoms with van der Waals surface area (Å²) in [5.74, 6) is 0.348. The molecule has 28 heavy (non-hydrogen) atoms. The molecule has 0 aliphatic heterocycles. The lowest BCUT2D eigenvalue weighted by Gasteiger charge is -2.15. The lowest BCUT2D eigenvalue weighted by atomic mass is 10.1. The van der Waals surface area contributed by atoms with E-state index in [0.29, 0.717) is 17.3 Å². The van der Waals surface area contributed by atoms with Crippen molar-refractivity contribution in [2.24, 2.45) is 5.92 Å². The molecular formula is C20H25ClN2O4S. The summed E-state index contributed by atoms with van der Waals surface area (Å²) in [6.45, 7) is 5.92. The van der Waals surface area contributed by atoms with Crippen molar-refractivity contribution in [2.75, 3.05) is 13.2 Å². The van der Waals surface area contributed by atoms with Crippen molar-refractivity contribution in [3.8, 4) is 5.75 Å². The van der Waals surface area contributed by atoms with Crippen LogP contribution in [0.15, 0.2) is 53.4 Å². The predicted octanol–water partition coefficient (Wildman–Crippen LogP) is 3.53. The molecule has 0 aliphatic rings. The Bertz CT molecular complexity index is 881. The molecule has 0 saturated carbocycles. The zero-order valence-corrected chi connectivity index (χ0v) is 17.7. The summed E-state index contributed by atoms with van der Waals surface area (Å²) >= 11 is 5.86. The Morgan fingerprint density at radius 3 is 2.21 bits per heavy atom. The Labute approximate surface area is 171 Å². The van der Waals surface area contributed by atoms with Crippen molar-refractivity contribution < 1.29 is 17.9 Å². The number of ether oxygens (including phenoxy) is 1. The second-order valence-corrected chi connectivity index (χ2v) is 9.05. The Morgan fingerprint density at radius 2 is 1.64 bits per heavy atom. The topological polar surface area (TPSA) is 84.5 Å². The predicted molar refractivity (Wildman–Crippen MR) is 110 cm³/mol. The number of halogens is 1. The number of nitrogens with one attached hydrogen (secondary N) is 2. The van der Waals surface area contributed by atoms with Gasteiger partial charge >= 0.3 is 0 Å². The minimum Gasteiger partial charge on any atom is -0.484 e. The van der Waals surface area contributed by atoms with Gasteiger partial charge in [-0.25, -0.2) is 13.1 Å². The number of hydrogen-bond acceptors (Lipinski definition) is 4. The van der Waals surface area contributed by atoms with Crippen LogP contribution in [0.1, 0.15) is 32.4 Å². The summed E-state index contributed by atoms with van der Waals surface area (Å²) in [7, 11) is -3.55. The van der Waals surface area contributed by atoms with Crippen LogP contribution in [0, 0.1) is 5.92 Å². The third kappa shape index (κ3) is 6.82. The molecule has 2 aromatic rings. The maximum atomic E-state index is 12.2. The maximum absolute atomic E-state index is 12.2. The van der Waals surface area contributed by atoms with Crippen LogP contribution in [0.4, 0.5) is 0 Å². The van der Waals surface area contributed by atoms with E-state index in [-0.39, 0.29) is 29.4 Å². The Balaban J connectivity index is 1.87. The zero-order chi connectivity index (χ0) is 20.7. The molecule has 152 valence electrons. The quantitative estimate of drug-likeness (QED) is 0.644. The van der Waals surface area contributed by atoms with Gasteiger partial charge in [0.25, 0.3) is 5.91 Å². The largest absolute Gasteiger partial charge is 0.484 e. The fourth-order valence-corrected chi connectivity index (χ4v) is 3.68. The van der Waals surface area contributed by atoms with Crippen molar-refractivity contribution >= 4 is 27.5 Å². The van der Waals surface area contributed by atoms with Gasteiger partial charge in [-0.2, -0.15) is 0 Å². The highest BCUT2D eigenvalue weighted by atomic mass is 35.5. The van der Waals surface area contributed by atoms with E-state index in [1.807, 2.05) is 32.9 Å². The Kier molecular flexibility index (Phi) is 7.86. The number of amides is 1. The molecule has 2 aromatic carbocycles. The second-order valence-electron chi connectivity index (χ2n) is 6.85. The van der Waals surface area contributed by atoms with Crippen LogP contribution in [0.25, 0.3) is 0 Å². The van der Waals surface area contributed by atoms with Crippen LogP contribution >= 0.6 is 11.6 Å². The van der Waals surface area contributed by atoms with E-state index < -0.39 is 10.0 Å². The van der Waals surface area contributed by atoms with Gasteiger partial charge in [-0.1, -0.05) is 37.6 Å². The van der Waals surface area contributed by atoms with Crippen LogP contribution in [-0.4, -0.2) is 27.5 Å². The molecule has 0 heterocycles. The highest BCUT2D eigenvalue weighted by Crippen LogP contribution is 2.17. The van der Waals surface area contributed by atoms with E-state index in [1.165, 1.54) is 24.3 Å². The smallest absolute Gasteiger partial charge is 0.258 e. The highest BCUT2D eigenvalue weighted by Gasteiger charge is 2.15. The summed E-state index contributed by atoms with van der Waals surface area (Å²) in [6.07, 6.45) is 0. The van der Waals surface area contributed by atoms with Crippen molar-refractivity contribution in [2.45, 2.75) is 31.7 Å². The number of carbonyl (C=O) groups excluding carboxylic acids is 1. The molecule has 6 nitrogen and oxygen atoms in total. The normalized spacial score (nSPS) is 12.6. The van der Waals surface area contributed by atoms with E-state index in [0.717, 1.165) is 5.56 Å². The van der Waals surface area contributed by atoms with E-state index in [9.17, 15) is 13.2 Å². The van der Waals surface area contributed by atoms with Gasteiger partial charge in [0.1, 0.15) is 5.75 Å². The van der Waals surface area contributed by atoms with Crippen LogP contribution in [0.2, 0.25) is 5.02 Å². The maximum Gasteiger partial charge on any atom is 0.258 e. The van der Waals surface area contributed by atoms with Gasteiger partial charge < -0.3 is 10.1 Å². The molecule has 2 rings (SSSR count). The standard InChI is InChI=1S/C20H25ClN2O4S/c1-14(2)12-22-28(25,26)19-10-8-18(9-11-19)27-13-20(24)23-15(3)16-4-6-17(21)7-5-16/h4-11,14-15,22H,12-13H2,1-3H3,(H,23,24)/t15-/m0/s1. The van der Waals surface area contributed by atoms with Gasteiger partial charge in [-0.05, 0) is 54.8 Å². The molecule has 0 fully saturated rings. The monoisotopic (exact) mass is 424 g/mol. The number of carbonyl (C=O) groups is 1. The first kappa shape index (κ1) is 22.2. The third-order valence-electron chi connectivity index (χ3n) is 3.93. The van der Waals surface area contributed by atoms with E-state index >= 15 is 0 Å². The second kappa shape index (κ2) is 9.91. The molecule has 1 atom stereocenters. The first-order valence-electron chi connectivity index (χ1n) is 8.94. The van der Waals surface area contributed by atoms with Gasteiger partial charge in [0.2, 0.25) is 10.0 Å². The van der Waals surface area contributed by atoms with Crippen molar-refractivity contribution in [3.63, 3.8) is 0 Å². The number of rotatable bonds is 9. The van der Waals surface area contributed by atoms with Crippen LogP contribution in [0.3, 0.4) is 0 Å². The molecule has 0 saturated heterocycles. The van der Waals surface area contributed by atoms with Gasteiger partial charge in [0.15, 0.2) is 6.61 Å². The SMILES string of the molecule is CC(C)CNS(=O)(=O)c1ccc(OCC(=O)N[C@@H](C)c2ccc(Cl)cc2)cc1. The van der Waals surface area contributed by atoms with Gasteiger partial charge in [0.05, 0.1) is 10.9 Å². The van der Waals surface area contributed by atoms with Gasteiger partial charge in [-0.15, -0.1) is 0 Å². The molecule has 0 radical (unpaired) electrons. The molecule has 1 amide bonds. The van der Waals surface area contributed by atoms with Crippen LogP contribution < -0.4 is 14.8 Å². The molecule has 2 N–H and O–H groups in total. The van der Waals surface area contributed by atoms with E-state index in [2.05, 4.69) is 10.0 Å². The lowest BCUT2D eigenvalue weighted by molar-refractivity contribution is -0.123. The lowest BCUT2D eigenvalue weighted by Crippen LogP contribution is -2.31. The number of sulfonamides is 1. The number of hydrogen-bond donors (Lipinski definition) is 2. The summed E-state index contributed by atoms with van der Waals surface area (Å²) in [4.78, 5) is 12.2. The van der Waals surface area contributed by atoms with Crippen LogP contribution in [-0.2, 0) is 14.8 Å². The molecule has 0 aromatic heterocycles. The molecule has 8 heteroatoms. The highest BCUT2D eigenvalue weighted by molar-refractivity contribution is 7.89. The molecular weight excluding hydrogens is 400 g/mol. The summed E-state index contributed by atoms with van der Waals surface area (Å²) < 4.78 is 32.3. The molecule has 0 unspecified atom stereocenters. The Hall–Kier alpha value is -2.09. The average molecular weight is 425 g/mol. The molecule has 0 spiro atoms. The Morgan fingerprint density at radius 1 is 1.04 bits per heavy atom. The van der Waals surface area contributed by atoms with Crippen molar-refractivity contribution in [3.05, 3.63) is 59.1 Å². The minimum atomic E-state index is -3.55. The fourth-order valence-electron chi connectivity index (χ4n) is 2.34. The first-order chi connectivity index (χ1) is 13.2. The zero-order valence-electron chi connectivity index (χ0n) is 16.1. The molecule has 0 bridgehead atoms. The fraction of sp³-hybridized carbons (Fsp3) is 0.350. The number of benzene rings is 2. The van der Waals surface area contributed by atoms with Gasteiger partial charge in [-0.3, -0.25) is 4.79 Å². The van der Waals surface area contributed by atoms with Crippen LogP contribution in [0.5, 0.6) is 5.75 Å². The summed E-state index contributed by atoms with van der Waals surface area (Å²) in [6, 6.07) is 13.0. The van der Waals surface area contributed by atoms with Crippen molar-refractivity contribution in [1.82, 2.24) is 10.0 Å². The summed E-state index contributed by atoms with van der Waals surface area (Å²) in [5.41, 5.74) is 0.932. The third-order valence-corrected chi connectivity index (χ3v) is 5.62. The van der Waals surface area contributed by atoms with Gasteiger partial charge in [0, 0.05) is 11.6 Å². The average Bonchev–Trinajstić information content (AvgIpc) is 2.65. The van der Waals surface area contributed by atoms with Crippen molar-refractivity contribution in [1.29, 1.82) is 0 Å². The first-order valence-corrected chi connectivity index (χ1v) is 10.8. The van der Waals surface area contributed by atoms with E-state index in [1.54, 1.807) is 12.1 Å².